The quantitative estimate of drug-likeness (QED) is 0.879. The molecule has 2 aromatic rings. The third-order valence-corrected chi connectivity index (χ3v) is 3.77. The Bertz CT molecular complexity index is 559. The van der Waals surface area contributed by atoms with Gasteiger partial charge < -0.3 is 9.84 Å². The summed E-state index contributed by atoms with van der Waals surface area (Å²) in [5.74, 6) is 1.47. The van der Waals surface area contributed by atoms with Crippen molar-refractivity contribution in [2.75, 3.05) is 7.05 Å². The zero-order valence-electron chi connectivity index (χ0n) is 12.7. The van der Waals surface area contributed by atoms with E-state index in [1.807, 2.05) is 7.05 Å². The molecule has 1 N–H and O–H groups in total. The van der Waals surface area contributed by atoms with E-state index < -0.39 is 0 Å². The van der Waals surface area contributed by atoms with Crippen LogP contribution in [0.2, 0.25) is 0 Å². The molecule has 0 bridgehead atoms. The first-order valence-corrected chi connectivity index (χ1v) is 7.17. The number of aromatic nitrogens is 2. The number of aryl methyl sites for hydroxylation is 2. The fraction of sp³-hybridized carbons (Fsp3) is 0.500. The molecule has 0 amide bonds. The minimum Gasteiger partial charge on any atom is -0.339 e. The minimum atomic E-state index is 0.393. The number of nitrogens with zero attached hydrogens (tertiary/aromatic N) is 2. The molecule has 1 atom stereocenters. The maximum atomic E-state index is 5.32. The Balaban J connectivity index is 2.03. The van der Waals surface area contributed by atoms with Crippen LogP contribution < -0.4 is 5.32 Å². The third-order valence-electron chi connectivity index (χ3n) is 3.77. The average Bonchev–Trinajstić information content (AvgIpc) is 2.87. The maximum absolute atomic E-state index is 5.32. The van der Waals surface area contributed by atoms with Gasteiger partial charge in [-0.05, 0) is 44.0 Å². The van der Waals surface area contributed by atoms with Gasteiger partial charge in [0.15, 0.2) is 5.82 Å². The molecule has 0 spiro atoms. The van der Waals surface area contributed by atoms with Crippen LogP contribution in [0.5, 0.6) is 0 Å². The number of hydrogen-bond acceptors (Lipinski definition) is 4. The second-order valence-electron chi connectivity index (χ2n) is 5.30. The van der Waals surface area contributed by atoms with E-state index in [0.717, 1.165) is 25.1 Å². The van der Waals surface area contributed by atoms with Gasteiger partial charge in [0.1, 0.15) is 0 Å². The Hall–Kier alpha value is -1.68. The molecule has 0 fully saturated rings. The molecule has 0 aliphatic rings. The van der Waals surface area contributed by atoms with Crippen LogP contribution >= 0.6 is 0 Å². The van der Waals surface area contributed by atoms with E-state index in [0.29, 0.717) is 11.9 Å². The van der Waals surface area contributed by atoms with Crippen LogP contribution in [0.15, 0.2) is 22.7 Å². The lowest BCUT2D eigenvalue weighted by Gasteiger charge is -2.09. The molecule has 20 heavy (non-hydrogen) atoms. The molecule has 2 rings (SSSR count). The van der Waals surface area contributed by atoms with Gasteiger partial charge in [0, 0.05) is 18.9 Å². The number of hydrogen-bond donors (Lipinski definition) is 1. The smallest absolute Gasteiger partial charge is 0.228 e. The van der Waals surface area contributed by atoms with Gasteiger partial charge in [-0.3, -0.25) is 0 Å². The zero-order chi connectivity index (χ0) is 14.5. The highest BCUT2D eigenvalue weighted by Crippen LogP contribution is 2.13. The SMILES string of the molecule is CCC(Cc1nc(Cc2ccc(C)c(C)c2)no1)NC. The van der Waals surface area contributed by atoms with Crippen molar-refractivity contribution in [2.24, 2.45) is 0 Å². The molecule has 108 valence electrons. The predicted octanol–water partition coefficient (Wildman–Crippen LogP) is 2.82. The summed E-state index contributed by atoms with van der Waals surface area (Å²) in [6.45, 7) is 6.39. The largest absolute Gasteiger partial charge is 0.339 e. The van der Waals surface area contributed by atoms with E-state index >= 15 is 0 Å². The molecule has 1 unspecified atom stereocenters. The lowest BCUT2D eigenvalue weighted by atomic mass is 10.0. The van der Waals surface area contributed by atoms with Crippen molar-refractivity contribution in [3.8, 4) is 0 Å². The van der Waals surface area contributed by atoms with Crippen molar-refractivity contribution in [1.82, 2.24) is 15.5 Å². The van der Waals surface area contributed by atoms with Crippen molar-refractivity contribution in [3.63, 3.8) is 0 Å². The van der Waals surface area contributed by atoms with Crippen LogP contribution in [-0.4, -0.2) is 23.2 Å². The number of benzene rings is 1. The van der Waals surface area contributed by atoms with E-state index in [1.54, 1.807) is 0 Å². The second-order valence-corrected chi connectivity index (χ2v) is 5.30. The summed E-state index contributed by atoms with van der Waals surface area (Å²) < 4.78 is 5.32. The van der Waals surface area contributed by atoms with Crippen LogP contribution in [0.3, 0.4) is 0 Å². The summed E-state index contributed by atoms with van der Waals surface area (Å²) in [7, 11) is 1.96. The molecule has 4 nitrogen and oxygen atoms in total. The lowest BCUT2D eigenvalue weighted by Crippen LogP contribution is -2.26. The standard InChI is InChI=1S/C16H23N3O/c1-5-14(17-4)10-16-18-15(19-20-16)9-13-7-6-11(2)12(3)8-13/h6-8,14,17H,5,9-10H2,1-4H3. The van der Waals surface area contributed by atoms with E-state index in [2.05, 4.69) is 54.4 Å². The van der Waals surface area contributed by atoms with E-state index in [1.165, 1.54) is 16.7 Å². The van der Waals surface area contributed by atoms with Crippen LogP contribution in [0, 0.1) is 13.8 Å². The van der Waals surface area contributed by atoms with Crippen molar-refractivity contribution < 1.29 is 4.52 Å². The van der Waals surface area contributed by atoms with Gasteiger partial charge in [0.25, 0.3) is 0 Å². The summed E-state index contributed by atoms with van der Waals surface area (Å²) in [4.78, 5) is 4.48. The second kappa shape index (κ2) is 6.66. The first-order chi connectivity index (χ1) is 9.62. The monoisotopic (exact) mass is 273 g/mol. The summed E-state index contributed by atoms with van der Waals surface area (Å²) in [5, 5.41) is 7.32. The fourth-order valence-corrected chi connectivity index (χ4v) is 2.20. The van der Waals surface area contributed by atoms with Crippen LogP contribution in [-0.2, 0) is 12.8 Å². The number of rotatable bonds is 6. The first kappa shape index (κ1) is 14.7. The Morgan fingerprint density at radius 2 is 2.05 bits per heavy atom. The molecular formula is C16H23N3O. The minimum absolute atomic E-state index is 0.393. The normalized spacial score (nSPS) is 12.6. The summed E-state index contributed by atoms with van der Waals surface area (Å²) in [5.41, 5.74) is 3.83. The van der Waals surface area contributed by atoms with E-state index in [9.17, 15) is 0 Å². The van der Waals surface area contributed by atoms with Crippen LogP contribution in [0.25, 0.3) is 0 Å². The Morgan fingerprint density at radius 3 is 2.70 bits per heavy atom. The molecule has 4 heteroatoms. The highest BCUT2D eigenvalue weighted by Gasteiger charge is 2.12. The molecular weight excluding hydrogens is 250 g/mol. The fourth-order valence-electron chi connectivity index (χ4n) is 2.20. The van der Waals surface area contributed by atoms with Crippen molar-refractivity contribution in [3.05, 3.63) is 46.6 Å². The number of nitrogens with one attached hydrogen (secondary N) is 1. The molecule has 1 heterocycles. The van der Waals surface area contributed by atoms with Crippen LogP contribution in [0.4, 0.5) is 0 Å². The van der Waals surface area contributed by atoms with Gasteiger partial charge >= 0.3 is 0 Å². The highest BCUT2D eigenvalue weighted by atomic mass is 16.5. The predicted molar refractivity (Wildman–Crippen MR) is 79.9 cm³/mol. The van der Waals surface area contributed by atoms with Gasteiger partial charge in [0.05, 0.1) is 0 Å². The molecule has 0 saturated carbocycles. The summed E-state index contributed by atoms with van der Waals surface area (Å²) in [6.07, 6.45) is 2.55. The average molecular weight is 273 g/mol. The lowest BCUT2D eigenvalue weighted by molar-refractivity contribution is 0.355. The third kappa shape index (κ3) is 3.67. The summed E-state index contributed by atoms with van der Waals surface area (Å²) >= 11 is 0. The highest BCUT2D eigenvalue weighted by molar-refractivity contribution is 5.31. The Morgan fingerprint density at radius 1 is 1.25 bits per heavy atom. The first-order valence-electron chi connectivity index (χ1n) is 7.17. The topological polar surface area (TPSA) is 51.0 Å². The van der Waals surface area contributed by atoms with Crippen molar-refractivity contribution in [2.45, 2.75) is 46.1 Å². The zero-order valence-corrected chi connectivity index (χ0v) is 12.7. The van der Waals surface area contributed by atoms with Gasteiger partial charge in [-0.1, -0.05) is 30.3 Å². The van der Waals surface area contributed by atoms with Gasteiger partial charge in [-0.2, -0.15) is 4.98 Å². The maximum Gasteiger partial charge on any atom is 0.228 e. The molecule has 1 aromatic heterocycles. The molecule has 0 aliphatic heterocycles. The Labute approximate surface area is 120 Å². The van der Waals surface area contributed by atoms with Crippen molar-refractivity contribution in [1.29, 1.82) is 0 Å². The molecule has 0 aliphatic carbocycles. The van der Waals surface area contributed by atoms with Gasteiger partial charge in [0.2, 0.25) is 5.89 Å². The molecule has 1 aromatic carbocycles. The molecule has 0 saturated heterocycles. The van der Waals surface area contributed by atoms with Crippen molar-refractivity contribution >= 4 is 0 Å². The van der Waals surface area contributed by atoms with Gasteiger partial charge in [-0.25, -0.2) is 0 Å². The van der Waals surface area contributed by atoms with E-state index in [4.69, 9.17) is 4.52 Å². The Kier molecular flexibility index (Phi) is 4.90. The summed E-state index contributed by atoms with van der Waals surface area (Å²) in [6, 6.07) is 6.85. The number of likely N-dealkylation sites (N-methyl/N-ethyl adjacent to an activating group) is 1. The van der Waals surface area contributed by atoms with Crippen LogP contribution in [0.1, 0.15) is 41.8 Å². The van der Waals surface area contributed by atoms with E-state index in [-0.39, 0.29) is 0 Å². The molecule has 0 radical (unpaired) electrons. The van der Waals surface area contributed by atoms with Gasteiger partial charge in [-0.15, -0.1) is 0 Å².